The van der Waals surface area contributed by atoms with Gasteiger partial charge in [-0.05, 0) is 52.3 Å². The molecule has 3 N–H and O–H groups in total. The van der Waals surface area contributed by atoms with Crippen molar-refractivity contribution in [1.82, 2.24) is 5.32 Å². The molecule has 0 saturated carbocycles. The van der Waals surface area contributed by atoms with Crippen molar-refractivity contribution >= 4 is 17.5 Å². The Hall–Kier alpha value is -2.60. The number of hydrogen-bond acceptors (Lipinski definition) is 4. The van der Waals surface area contributed by atoms with E-state index in [2.05, 4.69) is 10.6 Å². The molecule has 2 rings (SSSR count). The first kappa shape index (κ1) is 18.7. The Balaban J connectivity index is 1.99. The Morgan fingerprint density at radius 1 is 1.12 bits per heavy atom. The Kier molecular flexibility index (Phi) is 5.33. The van der Waals surface area contributed by atoms with Gasteiger partial charge in [0.25, 0.3) is 0 Å². The first-order chi connectivity index (χ1) is 11.6. The molecule has 0 aliphatic heterocycles. The summed E-state index contributed by atoms with van der Waals surface area (Å²) in [4.78, 5) is 24.1. The van der Waals surface area contributed by atoms with Crippen LogP contribution in [0.4, 0.5) is 5.69 Å². The Morgan fingerprint density at radius 3 is 2.36 bits per heavy atom. The SMILES string of the molecule is Cc1ccc(NC(=O)C(=O)NCC(C)(O)c2cc(C)oc2C)c(C)c1. The first-order valence-electron chi connectivity index (χ1n) is 8.06. The highest BCUT2D eigenvalue weighted by molar-refractivity contribution is 6.39. The lowest BCUT2D eigenvalue weighted by molar-refractivity contribution is -0.136. The van der Waals surface area contributed by atoms with Crippen LogP contribution in [0.2, 0.25) is 0 Å². The third-order valence-electron chi connectivity index (χ3n) is 4.05. The van der Waals surface area contributed by atoms with E-state index in [-0.39, 0.29) is 6.54 Å². The van der Waals surface area contributed by atoms with Gasteiger partial charge < -0.3 is 20.2 Å². The summed E-state index contributed by atoms with van der Waals surface area (Å²) in [6.07, 6.45) is 0. The van der Waals surface area contributed by atoms with Gasteiger partial charge in [-0.15, -0.1) is 0 Å². The molecule has 2 aromatic rings. The number of anilines is 1. The van der Waals surface area contributed by atoms with E-state index in [9.17, 15) is 14.7 Å². The van der Waals surface area contributed by atoms with E-state index in [1.54, 1.807) is 32.9 Å². The molecular formula is C19H24N2O4. The molecule has 0 saturated heterocycles. The van der Waals surface area contributed by atoms with Gasteiger partial charge in [0.1, 0.15) is 17.1 Å². The van der Waals surface area contributed by atoms with Crippen LogP contribution in [0, 0.1) is 27.7 Å². The molecule has 0 spiro atoms. The average molecular weight is 344 g/mol. The smallest absolute Gasteiger partial charge is 0.313 e. The molecule has 0 fully saturated rings. The number of carbonyl (C=O) groups is 2. The summed E-state index contributed by atoms with van der Waals surface area (Å²) >= 11 is 0. The molecule has 2 amide bonds. The van der Waals surface area contributed by atoms with Crippen molar-refractivity contribution in [3.63, 3.8) is 0 Å². The molecule has 6 nitrogen and oxygen atoms in total. The molecule has 0 bridgehead atoms. The van der Waals surface area contributed by atoms with Crippen LogP contribution in [0.15, 0.2) is 28.7 Å². The fraction of sp³-hybridized carbons (Fsp3) is 0.368. The number of aryl methyl sites for hydroxylation is 4. The highest BCUT2D eigenvalue weighted by Crippen LogP contribution is 2.26. The largest absolute Gasteiger partial charge is 0.466 e. The van der Waals surface area contributed by atoms with Crippen LogP contribution in [0.5, 0.6) is 0 Å². The maximum absolute atomic E-state index is 12.1. The maximum Gasteiger partial charge on any atom is 0.313 e. The molecule has 6 heteroatoms. The topological polar surface area (TPSA) is 91.6 Å². The van der Waals surface area contributed by atoms with Gasteiger partial charge in [-0.1, -0.05) is 17.7 Å². The zero-order chi connectivity index (χ0) is 18.8. The van der Waals surface area contributed by atoms with Crippen LogP contribution < -0.4 is 10.6 Å². The van der Waals surface area contributed by atoms with E-state index >= 15 is 0 Å². The van der Waals surface area contributed by atoms with Gasteiger partial charge in [0.2, 0.25) is 0 Å². The van der Waals surface area contributed by atoms with Crippen molar-refractivity contribution in [3.05, 3.63) is 52.5 Å². The van der Waals surface area contributed by atoms with E-state index in [1.165, 1.54) is 0 Å². The second kappa shape index (κ2) is 7.11. The molecule has 1 aromatic carbocycles. The van der Waals surface area contributed by atoms with Gasteiger partial charge >= 0.3 is 11.8 Å². The molecule has 1 atom stereocenters. The molecule has 0 aliphatic rings. The van der Waals surface area contributed by atoms with Crippen LogP contribution in [0.25, 0.3) is 0 Å². The van der Waals surface area contributed by atoms with Crippen molar-refractivity contribution in [2.45, 2.75) is 40.2 Å². The normalized spacial score (nSPS) is 13.2. The third-order valence-corrected chi connectivity index (χ3v) is 4.05. The zero-order valence-electron chi connectivity index (χ0n) is 15.2. The summed E-state index contributed by atoms with van der Waals surface area (Å²) in [7, 11) is 0. The average Bonchev–Trinajstić information content (AvgIpc) is 2.87. The summed E-state index contributed by atoms with van der Waals surface area (Å²) in [5.41, 5.74) is 1.77. The number of rotatable bonds is 4. The highest BCUT2D eigenvalue weighted by Gasteiger charge is 2.29. The van der Waals surface area contributed by atoms with E-state index < -0.39 is 17.4 Å². The van der Waals surface area contributed by atoms with Crippen LogP contribution in [0.3, 0.4) is 0 Å². The van der Waals surface area contributed by atoms with Crippen molar-refractivity contribution < 1.29 is 19.1 Å². The number of aliphatic hydroxyl groups is 1. The molecule has 0 aliphatic carbocycles. The number of benzene rings is 1. The molecular weight excluding hydrogens is 320 g/mol. The van der Waals surface area contributed by atoms with Crippen molar-refractivity contribution in [2.75, 3.05) is 11.9 Å². The fourth-order valence-corrected chi connectivity index (χ4v) is 2.73. The number of amides is 2. The lowest BCUT2D eigenvalue weighted by Crippen LogP contribution is -2.43. The van der Waals surface area contributed by atoms with Gasteiger partial charge in [0.05, 0.1) is 6.54 Å². The Morgan fingerprint density at radius 2 is 1.80 bits per heavy atom. The van der Waals surface area contributed by atoms with Gasteiger partial charge in [-0.3, -0.25) is 9.59 Å². The number of furan rings is 1. The van der Waals surface area contributed by atoms with Gasteiger partial charge in [-0.25, -0.2) is 0 Å². The Bertz CT molecular complexity index is 806. The number of carbonyl (C=O) groups excluding carboxylic acids is 2. The fourth-order valence-electron chi connectivity index (χ4n) is 2.73. The minimum absolute atomic E-state index is 0.105. The molecule has 134 valence electrons. The molecule has 25 heavy (non-hydrogen) atoms. The van der Waals surface area contributed by atoms with E-state index in [0.717, 1.165) is 11.1 Å². The third kappa shape index (κ3) is 4.48. The van der Waals surface area contributed by atoms with Crippen LogP contribution in [-0.2, 0) is 15.2 Å². The summed E-state index contributed by atoms with van der Waals surface area (Å²) in [6.45, 7) is 8.79. The molecule has 1 heterocycles. The summed E-state index contributed by atoms with van der Waals surface area (Å²) in [5, 5.41) is 15.6. The van der Waals surface area contributed by atoms with E-state index in [1.807, 2.05) is 26.0 Å². The summed E-state index contributed by atoms with van der Waals surface area (Å²) in [6, 6.07) is 7.25. The van der Waals surface area contributed by atoms with Crippen LogP contribution >= 0.6 is 0 Å². The molecule has 1 aromatic heterocycles. The van der Waals surface area contributed by atoms with Crippen LogP contribution in [-0.4, -0.2) is 23.5 Å². The quantitative estimate of drug-likeness (QED) is 0.743. The number of nitrogens with one attached hydrogen (secondary N) is 2. The molecule has 1 unspecified atom stereocenters. The number of hydrogen-bond donors (Lipinski definition) is 3. The monoisotopic (exact) mass is 344 g/mol. The lowest BCUT2D eigenvalue weighted by atomic mass is 9.96. The highest BCUT2D eigenvalue weighted by atomic mass is 16.3. The summed E-state index contributed by atoms with van der Waals surface area (Å²) < 4.78 is 5.40. The molecule has 0 radical (unpaired) electrons. The van der Waals surface area contributed by atoms with Crippen molar-refractivity contribution in [1.29, 1.82) is 0 Å². The first-order valence-corrected chi connectivity index (χ1v) is 8.06. The van der Waals surface area contributed by atoms with E-state index in [0.29, 0.717) is 22.8 Å². The summed E-state index contributed by atoms with van der Waals surface area (Å²) in [5.74, 6) is -0.329. The minimum Gasteiger partial charge on any atom is -0.466 e. The van der Waals surface area contributed by atoms with Gasteiger partial charge in [0, 0.05) is 11.3 Å². The van der Waals surface area contributed by atoms with Crippen molar-refractivity contribution in [3.8, 4) is 0 Å². The second-order valence-electron chi connectivity index (χ2n) is 6.56. The lowest BCUT2D eigenvalue weighted by Gasteiger charge is -2.23. The van der Waals surface area contributed by atoms with Gasteiger partial charge in [-0.2, -0.15) is 0 Å². The predicted octanol–water partition coefficient (Wildman–Crippen LogP) is 2.48. The van der Waals surface area contributed by atoms with Crippen LogP contribution in [0.1, 0.15) is 35.1 Å². The Labute approximate surface area is 147 Å². The van der Waals surface area contributed by atoms with Crippen molar-refractivity contribution in [2.24, 2.45) is 0 Å². The van der Waals surface area contributed by atoms with Gasteiger partial charge in [0.15, 0.2) is 0 Å². The minimum atomic E-state index is -1.34. The maximum atomic E-state index is 12.1. The standard InChI is InChI=1S/C19H24N2O4/c1-11-6-7-16(12(2)8-11)21-18(23)17(22)20-10-19(5,24)15-9-13(3)25-14(15)4/h6-9,24H,10H2,1-5H3,(H,20,22)(H,21,23). The second-order valence-corrected chi connectivity index (χ2v) is 6.56. The van der Waals surface area contributed by atoms with E-state index in [4.69, 9.17) is 4.42 Å². The predicted molar refractivity (Wildman–Crippen MR) is 95.3 cm³/mol. The zero-order valence-corrected chi connectivity index (χ0v) is 15.2.